The van der Waals surface area contributed by atoms with Crippen LogP contribution < -0.4 is 0 Å². The predicted molar refractivity (Wildman–Crippen MR) is 79.6 cm³/mol. The molecule has 108 valence electrons. The smallest absolute Gasteiger partial charge is 0.226 e. The largest absolute Gasteiger partial charge is 0.342 e. The Bertz CT molecular complexity index is 495. The second-order valence-corrected chi connectivity index (χ2v) is 7.74. The van der Waals surface area contributed by atoms with Crippen LogP contribution in [0.4, 0.5) is 0 Å². The van der Waals surface area contributed by atoms with Crippen molar-refractivity contribution in [3.63, 3.8) is 0 Å². The second kappa shape index (κ2) is 4.79. The third-order valence-electron chi connectivity index (χ3n) is 5.44. The second-order valence-electron chi connectivity index (χ2n) is 6.51. The van der Waals surface area contributed by atoms with Gasteiger partial charge in [-0.25, -0.2) is 0 Å². The summed E-state index contributed by atoms with van der Waals surface area (Å²) < 4.78 is 0. The van der Waals surface area contributed by atoms with Gasteiger partial charge in [0.15, 0.2) is 0 Å². The lowest BCUT2D eigenvalue weighted by atomic mass is 9.96. The summed E-state index contributed by atoms with van der Waals surface area (Å²) in [4.78, 5) is 14.8. The minimum Gasteiger partial charge on any atom is -0.342 e. The lowest BCUT2D eigenvalue weighted by molar-refractivity contribution is -0.132. The summed E-state index contributed by atoms with van der Waals surface area (Å²) in [5, 5.41) is 7.07. The normalized spacial score (nSPS) is 31.7. The first-order valence-corrected chi connectivity index (χ1v) is 8.80. The minimum absolute atomic E-state index is 0.337. The number of hydrogen-bond acceptors (Lipinski definition) is 3. The van der Waals surface area contributed by atoms with Gasteiger partial charge < -0.3 is 4.90 Å². The molecule has 2 unspecified atom stereocenters. The van der Waals surface area contributed by atoms with E-state index in [0.29, 0.717) is 23.2 Å². The van der Waals surface area contributed by atoms with E-state index in [1.54, 1.807) is 6.20 Å². The summed E-state index contributed by atoms with van der Waals surface area (Å²) in [5.74, 6) is 3.72. The van der Waals surface area contributed by atoms with Gasteiger partial charge in [0.1, 0.15) is 0 Å². The standard InChI is InChI=1S/C15H21N3OS/c19-14(12-9-15(12)3-7-20-8-4-15)18-6-2-11(10-18)13-1-5-16-17-13/h1,5,11-12H,2-4,6-10H2,(H,16,17). The number of nitrogens with zero attached hydrogens (tertiary/aromatic N) is 2. The number of carbonyl (C=O) groups excluding carboxylic acids is 1. The molecule has 1 aliphatic carbocycles. The molecule has 0 aromatic carbocycles. The highest BCUT2D eigenvalue weighted by atomic mass is 32.2. The Morgan fingerprint density at radius 3 is 3.05 bits per heavy atom. The molecule has 20 heavy (non-hydrogen) atoms. The van der Waals surface area contributed by atoms with Crippen LogP contribution in [0.2, 0.25) is 0 Å². The third-order valence-corrected chi connectivity index (χ3v) is 6.42. The van der Waals surface area contributed by atoms with E-state index in [4.69, 9.17) is 0 Å². The Hall–Kier alpha value is -0.970. The number of H-pyrrole nitrogens is 1. The fourth-order valence-corrected chi connectivity index (χ4v) is 5.26. The number of carbonyl (C=O) groups is 1. The van der Waals surface area contributed by atoms with Crippen LogP contribution in [0.1, 0.15) is 37.3 Å². The monoisotopic (exact) mass is 291 g/mol. The van der Waals surface area contributed by atoms with Crippen molar-refractivity contribution in [1.29, 1.82) is 0 Å². The Morgan fingerprint density at radius 2 is 2.30 bits per heavy atom. The first-order chi connectivity index (χ1) is 9.78. The molecule has 3 fully saturated rings. The van der Waals surface area contributed by atoms with Crippen molar-refractivity contribution in [2.75, 3.05) is 24.6 Å². The van der Waals surface area contributed by atoms with Crippen LogP contribution in [-0.4, -0.2) is 45.6 Å². The van der Waals surface area contributed by atoms with E-state index in [1.165, 1.54) is 30.0 Å². The van der Waals surface area contributed by atoms with Gasteiger partial charge in [0.25, 0.3) is 0 Å². The molecule has 1 spiro atoms. The molecule has 3 heterocycles. The number of amides is 1. The lowest BCUT2D eigenvalue weighted by Crippen LogP contribution is -2.32. The predicted octanol–water partition coefficient (Wildman–Crippen LogP) is 2.26. The maximum atomic E-state index is 12.7. The first-order valence-electron chi connectivity index (χ1n) is 7.64. The van der Waals surface area contributed by atoms with Crippen molar-refractivity contribution in [2.24, 2.45) is 11.3 Å². The molecule has 4 rings (SSSR count). The summed E-state index contributed by atoms with van der Waals surface area (Å²) in [7, 11) is 0. The fraction of sp³-hybridized carbons (Fsp3) is 0.733. The van der Waals surface area contributed by atoms with Gasteiger partial charge in [-0.05, 0) is 48.7 Å². The Morgan fingerprint density at radius 1 is 1.45 bits per heavy atom. The zero-order chi connectivity index (χ0) is 13.6. The number of aromatic nitrogens is 2. The highest BCUT2D eigenvalue weighted by molar-refractivity contribution is 7.99. The van der Waals surface area contributed by atoms with Crippen LogP contribution in [-0.2, 0) is 4.79 Å². The molecule has 5 heteroatoms. The van der Waals surface area contributed by atoms with Gasteiger partial charge in [-0.2, -0.15) is 16.9 Å². The lowest BCUT2D eigenvalue weighted by Gasteiger charge is -2.24. The molecule has 2 aliphatic heterocycles. The number of hydrogen-bond donors (Lipinski definition) is 1. The fourth-order valence-electron chi connectivity index (χ4n) is 3.96. The summed E-state index contributed by atoms with van der Waals surface area (Å²) in [5.41, 5.74) is 1.58. The zero-order valence-electron chi connectivity index (χ0n) is 11.7. The van der Waals surface area contributed by atoms with Gasteiger partial charge in [0.2, 0.25) is 5.91 Å². The summed E-state index contributed by atoms with van der Waals surface area (Å²) in [6.07, 6.45) is 6.54. The van der Waals surface area contributed by atoms with E-state index in [-0.39, 0.29) is 0 Å². The Balaban J connectivity index is 1.39. The summed E-state index contributed by atoms with van der Waals surface area (Å²) in [6, 6.07) is 2.04. The van der Waals surface area contributed by atoms with E-state index in [9.17, 15) is 4.79 Å². The molecule has 1 amide bonds. The summed E-state index contributed by atoms with van der Waals surface area (Å²) in [6.45, 7) is 1.80. The zero-order valence-corrected chi connectivity index (χ0v) is 12.5. The van der Waals surface area contributed by atoms with Gasteiger partial charge in [-0.3, -0.25) is 9.89 Å². The van der Waals surface area contributed by atoms with Gasteiger partial charge in [-0.15, -0.1) is 0 Å². The highest BCUT2D eigenvalue weighted by Gasteiger charge is 2.58. The number of nitrogens with one attached hydrogen (secondary N) is 1. The first kappa shape index (κ1) is 12.7. The van der Waals surface area contributed by atoms with E-state index in [1.807, 2.05) is 17.8 Å². The molecule has 1 aromatic rings. The highest BCUT2D eigenvalue weighted by Crippen LogP contribution is 2.61. The van der Waals surface area contributed by atoms with Crippen molar-refractivity contribution in [3.05, 3.63) is 18.0 Å². The molecule has 3 aliphatic rings. The van der Waals surface area contributed by atoms with Crippen molar-refractivity contribution >= 4 is 17.7 Å². The van der Waals surface area contributed by atoms with Crippen LogP contribution in [0.5, 0.6) is 0 Å². The minimum atomic E-state index is 0.337. The van der Waals surface area contributed by atoms with E-state index >= 15 is 0 Å². The molecular weight excluding hydrogens is 270 g/mol. The summed E-state index contributed by atoms with van der Waals surface area (Å²) >= 11 is 2.05. The van der Waals surface area contributed by atoms with Crippen LogP contribution in [0.3, 0.4) is 0 Å². The molecule has 2 saturated heterocycles. The topological polar surface area (TPSA) is 49.0 Å². The average molecular weight is 291 g/mol. The maximum absolute atomic E-state index is 12.7. The molecule has 2 atom stereocenters. The van der Waals surface area contributed by atoms with Crippen LogP contribution in [0, 0.1) is 11.3 Å². The quantitative estimate of drug-likeness (QED) is 0.909. The third kappa shape index (κ3) is 2.07. The van der Waals surface area contributed by atoms with Crippen LogP contribution in [0.25, 0.3) is 0 Å². The van der Waals surface area contributed by atoms with Crippen molar-refractivity contribution in [2.45, 2.75) is 31.6 Å². The van der Waals surface area contributed by atoms with Crippen molar-refractivity contribution < 1.29 is 4.79 Å². The molecule has 1 aromatic heterocycles. The van der Waals surface area contributed by atoms with Crippen molar-refractivity contribution in [1.82, 2.24) is 15.1 Å². The molecule has 1 N–H and O–H groups in total. The Labute approximate surface area is 123 Å². The number of thioether (sulfide) groups is 1. The SMILES string of the molecule is O=C(C1CC12CCSCC2)N1CCC(c2ccn[nH]2)C1. The van der Waals surface area contributed by atoms with E-state index in [0.717, 1.165) is 25.9 Å². The van der Waals surface area contributed by atoms with Gasteiger partial charge in [0, 0.05) is 36.8 Å². The number of rotatable bonds is 2. The Kier molecular flexibility index (Phi) is 3.05. The molecular formula is C15H21N3OS. The molecule has 1 saturated carbocycles. The maximum Gasteiger partial charge on any atom is 0.226 e. The van der Waals surface area contributed by atoms with E-state index in [2.05, 4.69) is 15.1 Å². The average Bonchev–Trinajstić information content (AvgIpc) is 2.95. The number of aromatic amines is 1. The molecule has 0 bridgehead atoms. The van der Waals surface area contributed by atoms with Gasteiger partial charge in [-0.1, -0.05) is 0 Å². The molecule has 0 radical (unpaired) electrons. The van der Waals surface area contributed by atoms with E-state index < -0.39 is 0 Å². The van der Waals surface area contributed by atoms with Gasteiger partial charge in [0.05, 0.1) is 0 Å². The van der Waals surface area contributed by atoms with Crippen molar-refractivity contribution in [3.8, 4) is 0 Å². The molecule has 4 nitrogen and oxygen atoms in total. The van der Waals surface area contributed by atoms with Crippen LogP contribution in [0.15, 0.2) is 12.3 Å². The van der Waals surface area contributed by atoms with Crippen LogP contribution >= 0.6 is 11.8 Å². The van der Waals surface area contributed by atoms with Gasteiger partial charge >= 0.3 is 0 Å². The number of likely N-dealkylation sites (tertiary alicyclic amines) is 1.